The molecule has 23 heavy (non-hydrogen) atoms. The van der Waals surface area contributed by atoms with Crippen molar-refractivity contribution >= 4 is 15.7 Å². The summed E-state index contributed by atoms with van der Waals surface area (Å²) >= 11 is 0. The number of hydrogen-bond donors (Lipinski definition) is 0. The lowest BCUT2D eigenvalue weighted by Gasteiger charge is -2.30. The fourth-order valence-electron chi connectivity index (χ4n) is 3.44. The molecule has 0 amide bonds. The van der Waals surface area contributed by atoms with E-state index in [0.717, 1.165) is 48.7 Å². The van der Waals surface area contributed by atoms with Gasteiger partial charge in [-0.05, 0) is 30.9 Å². The maximum Gasteiger partial charge on any atom is 0.235 e. The maximum absolute atomic E-state index is 12.6. The summed E-state index contributed by atoms with van der Waals surface area (Å²) in [4.78, 5) is 0. The normalized spacial score (nSPS) is 19.7. The number of rotatable bonds is 2. The first-order valence-electron chi connectivity index (χ1n) is 8.14. The first-order chi connectivity index (χ1) is 11.1. The van der Waals surface area contributed by atoms with Crippen LogP contribution in [0.15, 0.2) is 24.3 Å². The molecule has 6 nitrogen and oxygen atoms in total. The van der Waals surface area contributed by atoms with Crippen LogP contribution >= 0.6 is 0 Å². The van der Waals surface area contributed by atoms with Crippen LogP contribution in [0.5, 0.6) is 0 Å². The molecule has 0 N–H and O–H groups in total. The molecule has 0 atom stereocenters. The Bertz CT molecular complexity index is 828. The zero-order chi connectivity index (χ0) is 15.9. The monoisotopic (exact) mass is 332 g/mol. The average molecular weight is 332 g/mol. The molecule has 0 bridgehead atoms. The zero-order valence-electron chi connectivity index (χ0n) is 13.0. The number of nitrogens with zero attached hydrogens (tertiary/aromatic N) is 4. The van der Waals surface area contributed by atoms with Crippen molar-refractivity contribution in [2.45, 2.75) is 45.2 Å². The van der Waals surface area contributed by atoms with Gasteiger partial charge in [0.25, 0.3) is 0 Å². The van der Waals surface area contributed by atoms with Crippen molar-refractivity contribution < 1.29 is 8.42 Å². The van der Waals surface area contributed by atoms with Gasteiger partial charge in [-0.3, -0.25) is 4.31 Å². The number of sulfonamides is 1. The standard InChI is InChI=1S/C16H20N4O2S/c21-23(22)11-9-13-6-3-4-7-14(13)20(23)12-16-18-17-15-8-2-1-5-10-19(15)16/h3-4,6-7H,1-2,5,8-12H2. The fraction of sp³-hybridized carbons (Fsp3) is 0.500. The number of hydrogen-bond acceptors (Lipinski definition) is 4. The molecule has 0 spiro atoms. The van der Waals surface area contributed by atoms with Crippen molar-refractivity contribution in [2.24, 2.45) is 0 Å². The highest BCUT2D eigenvalue weighted by Gasteiger charge is 2.31. The van der Waals surface area contributed by atoms with Crippen molar-refractivity contribution in [3.63, 3.8) is 0 Å². The topological polar surface area (TPSA) is 68.1 Å². The van der Waals surface area contributed by atoms with Crippen LogP contribution in [0.1, 0.15) is 36.5 Å². The molecule has 122 valence electrons. The minimum Gasteiger partial charge on any atom is -0.313 e. The largest absolute Gasteiger partial charge is 0.313 e. The molecule has 1 aromatic carbocycles. The van der Waals surface area contributed by atoms with Crippen LogP contribution in [0, 0.1) is 0 Å². The van der Waals surface area contributed by atoms with Crippen LogP contribution in [-0.4, -0.2) is 28.9 Å². The van der Waals surface area contributed by atoms with Crippen LogP contribution in [0.4, 0.5) is 5.69 Å². The third kappa shape index (κ3) is 2.63. The zero-order valence-corrected chi connectivity index (χ0v) is 13.8. The van der Waals surface area contributed by atoms with Gasteiger partial charge in [0.05, 0.1) is 18.0 Å². The van der Waals surface area contributed by atoms with E-state index in [2.05, 4.69) is 14.8 Å². The van der Waals surface area contributed by atoms with Gasteiger partial charge in [0, 0.05) is 13.0 Å². The molecule has 0 unspecified atom stereocenters. The van der Waals surface area contributed by atoms with Crippen molar-refractivity contribution in [1.29, 1.82) is 0 Å². The smallest absolute Gasteiger partial charge is 0.235 e. The predicted molar refractivity (Wildman–Crippen MR) is 87.7 cm³/mol. The van der Waals surface area contributed by atoms with E-state index in [0.29, 0.717) is 6.42 Å². The molecule has 0 fully saturated rings. The molecule has 3 heterocycles. The van der Waals surface area contributed by atoms with Gasteiger partial charge in [0.15, 0.2) is 5.82 Å². The van der Waals surface area contributed by atoms with Crippen molar-refractivity contribution in [2.75, 3.05) is 10.1 Å². The van der Waals surface area contributed by atoms with Gasteiger partial charge >= 0.3 is 0 Å². The van der Waals surface area contributed by atoms with E-state index < -0.39 is 10.0 Å². The SMILES string of the molecule is O=S1(=O)CCc2ccccc2N1Cc1nnc2n1CCCCC2. The molecule has 4 rings (SSSR count). The third-order valence-electron chi connectivity index (χ3n) is 4.70. The van der Waals surface area contributed by atoms with E-state index in [-0.39, 0.29) is 12.3 Å². The Morgan fingerprint density at radius 2 is 1.91 bits per heavy atom. The molecular weight excluding hydrogens is 312 g/mol. The van der Waals surface area contributed by atoms with Gasteiger partial charge in [-0.2, -0.15) is 0 Å². The predicted octanol–water partition coefficient (Wildman–Crippen LogP) is 1.90. The lowest BCUT2D eigenvalue weighted by Crippen LogP contribution is -2.38. The molecule has 2 aliphatic rings. The van der Waals surface area contributed by atoms with Crippen molar-refractivity contribution in [3.05, 3.63) is 41.5 Å². The van der Waals surface area contributed by atoms with Gasteiger partial charge in [0.1, 0.15) is 5.82 Å². The Morgan fingerprint density at radius 1 is 1.04 bits per heavy atom. The molecule has 0 radical (unpaired) electrons. The molecule has 2 aliphatic heterocycles. The van der Waals surface area contributed by atoms with Crippen molar-refractivity contribution in [3.8, 4) is 0 Å². The number of anilines is 1. The highest BCUT2D eigenvalue weighted by molar-refractivity contribution is 7.92. The second kappa shape index (κ2) is 5.63. The minimum atomic E-state index is -3.30. The first-order valence-corrected chi connectivity index (χ1v) is 9.75. The number of benzene rings is 1. The lowest BCUT2D eigenvalue weighted by molar-refractivity contribution is 0.577. The Kier molecular flexibility index (Phi) is 3.60. The van der Waals surface area contributed by atoms with Gasteiger partial charge in [-0.1, -0.05) is 24.6 Å². The van der Waals surface area contributed by atoms with Crippen LogP contribution in [0.3, 0.4) is 0 Å². The second-order valence-electron chi connectivity index (χ2n) is 6.20. The first kappa shape index (κ1) is 14.7. The van der Waals surface area contributed by atoms with E-state index in [1.807, 2.05) is 24.3 Å². The van der Waals surface area contributed by atoms with E-state index in [1.54, 1.807) is 0 Å². The summed E-state index contributed by atoms with van der Waals surface area (Å²) in [6, 6.07) is 7.72. The van der Waals surface area contributed by atoms with Crippen LogP contribution in [-0.2, 0) is 36.0 Å². The quantitative estimate of drug-likeness (QED) is 0.842. The summed E-state index contributed by atoms with van der Waals surface area (Å²) in [5.41, 5.74) is 1.86. The Morgan fingerprint density at radius 3 is 2.83 bits per heavy atom. The molecule has 0 saturated heterocycles. The third-order valence-corrected chi connectivity index (χ3v) is 6.41. The average Bonchev–Trinajstić information content (AvgIpc) is 2.77. The Hall–Kier alpha value is -1.89. The number of para-hydroxylation sites is 1. The van der Waals surface area contributed by atoms with Crippen LogP contribution in [0.2, 0.25) is 0 Å². The summed E-state index contributed by atoms with van der Waals surface area (Å²) in [5.74, 6) is 1.90. The second-order valence-corrected chi connectivity index (χ2v) is 8.21. The van der Waals surface area contributed by atoms with Gasteiger partial charge in [-0.15, -0.1) is 10.2 Å². The Balaban J connectivity index is 1.72. The fourth-order valence-corrected chi connectivity index (χ4v) is 4.93. The highest BCUT2D eigenvalue weighted by atomic mass is 32.2. The maximum atomic E-state index is 12.6. The molecule has 0 saturated carbocycles. The number of fused-ring (bicyclic) bond motifs is 2. The molecular formula is C16H20N4O2S. The molecule has 2 aromatic rings. The van der Waals surface area contributed by atoms with E-state index in [4.69, 9.17) is 0 Å². The van der Waals surface area contributed by atoms with Gasteiger partial charge < -0.3 is 4.57 Å². The molecule has 1 aromatic heterocycles. The summed E-state index contributed by atoms with van der Waals surface area (Å²) in [5, 5.41) is 8.56. The van der Waals surface area contributed by atoms with E-state index in [1.165, 1.54) is 10.7 Å². The summed E-state index contributed by atoms with van der Waals surface area (Å²) in [7, 11) is -3.30. The Labute approximate surface area is 136 Å². The van der Waals surface area contributed by atoms with Gasteiger partial charge in [-0.25, -0.2) is 8.42 Å². The van der Waals surface area contributed by atoms with Gasteiger partial charge in [0.2, 0.25) is 10.0 Å². The molecule has 7 heteroatoms. The lowest BCUT2D eigenvalue weighted by atomic mass is 10.1. The highest BCUT2D eigenvalue weighted by Crippen LogP contribution is 2.30. The summed E-state index contributed by atoms with van der Waals surface area (Å²) in [6.07, 6.45) is 4.92. The summed E-state index contributed by atoms with van der Waals surface area (Å²) in [6.45, 7) is 1.15. The van der Waals surface area contributed by atoms with E-state index >= 15 is 0 Å². The number of aryl methyl sites for hydroxylation is 2. The number of aromatic nitrogens is 3. The minimum absolute atomic E-state index is 0.158. The molecule has 0 aliphatic carbocycles. The summed E-state index contributed by atoms with van der Waals surface area (Å²) < 4.78 is 28.8. The van der Waals surface area contributed by atoms with Crippen LogP contribution < -0.4 is 4.31 Å². The van der Waals surface area contributed by atoms with Crippen LogP contribution in [0.25, 0.3) is 0 Å². The van der Waals surface area contributed by atoms with E-state index in [9.17, 15) is 8.42 Å². The van der Waals surface area contributed by atoms with Crippen molar-refractivity contribution in [1.82, 2.24) is 14.8 Å².